The first-order valence-electron chi connectivity index (χ1n) is 4.43. The van der Waals surface area contributed by atoms with E-state index in [0.29, 0.717) is 0 Å². The first kappa shape index (κ1) is 9.99. The zero-order valence-electron chi connectivity index (χ0n) is 8.08. The number of hydrogen-bond donors (Lipinski definition) is 0. The van der Waals surface area contributed by atoms with Crippen LogP contribution in [0.25, 0.3) is 0 Å². The van der Waals surface area contributed by atoms with Crippen molar-refractivity contribution in [1.29, 1.82) is 0 Å². The van der Waals surface area contributed by atoms with E-state index < -0.39 is 0 Å². The van der Waals surface area contributed by atoms with Gasteiger partial charge in [-0.05, 0) is 31.4 Å². The van der Waals surface area contributed by atoms with Crippen molar-refractivity contribution >= 4 is 27.3 Å². The van der Waals surface area contributed by atoms with Crippen LogP contribution in [0, 0.1) is 13.8 Å². The van der Waals surface area contributed by atoms with Gasteiger partial charge in [0.1, 0.15) is 11.5 Å². The summed E-state index contributed by atoms with van der Waals surface area (Å²) in [4.78, 5) is 1.58. The summed E-state index contributed by atoms with van der Waals surface area (Å²) in [6.07, 6.45) is 0. The summed E-state index contributed by atoms with van der Waals surface area (Å²) < 4.78 is 5.51. The molecule has 0 aromatic carbocycles. The number of rotatable bonds is 2. The predicted octanol–water partition coefficient (Wildman–Crippen LogP) is 4.44. The van der Waals surface area contributed by atoms with Crippen LogP contribution in [0.5, 0.6) is 0 Å². The minimum atomic E-state index is 0.264. The summed E-state index contributed by atoms with van der Waals surface area (Å²) in [5.41, 5.74) is 1.23. The molecule has 2 aromatic rings. The van der Waals surface area contributed by atoms with Crippen LogP contribution in [0.4, 0.5) is 0 Å². The van der Waals surface area contributed by atoms with E-state index in [1.807, 2.05) is 13.8 Å². The maximum absolute atomic E-state index is 5.51. The van der Waals surface area contributed by atoms with Gasteiger partial charge in [-0.3, -0.25) is 0 Å². The molecule has 0 bridgehead atoms. The number of halogens is 1. The highest BCUT2D eigenvalue weighted by molar-refractivity contribution is 9.09. The highest BCUT2D eigenvalue weighted by Gasteiger charge is 2.16. The third-order valence-corrected chi connectivity index (χ3v) is 4.37. The number of furan rings is 1. The minimum absolute atomic E-state index is 0.264. The Morgan fingerprint density at radius 3 is 2.71 bits per heavy atom. The lowest BCUT2D eigenvalue weighted by Gasteiger charge is -2.05. The summed E-state index contributed by atoms with van der Waals surface area (Å²) in [5.74, 6) is 1.97. The van der Waals surface area contributed by atoms with E-state index in [4.69, 9.17) is 4.42 Å². The first-order valence-corrected chi connectivity index (χ1v) is 6.22. The van der Waals surface area contributed by atoms with E-state index in [9.17, 15) is 0 Å². The molecule has 0 radical (unpaired) electrons. The van der Waals surface area contributed by atoms with Crippen LogP contribution in [0.1, 0.15) is 26.8 Å². The van der Waals surface area contributed by atoms with Gasteiger partial charge in [0.15, 0.2) is 0 Å². The second kappa shape index (κ2) is 3.91. The monoisotopic (exact) mass is 270 g/mol. The van der Waals surface area contributed by atoms with Gasteiger partial charge in [0.2, 0.25) is 0 Å². The summed E-state index contributed by atoms with van der Waals surface area (Å²) in [7, 11) is 0. The van der Waals surface area contributed by atoms with Gasteiger partial charge < -0.3 is 4.42 Å². The van der Waals surface area contributed by atoms with Gasteiger partial charge in [-0.2, -0.15) is 0 Å². The fourth-order valence-electron chi connectivity index (χ4n) is 1.49. The maximum atomic E-state index is 5.51. The van der Waals surface area contributed by atoms with Crippen molar-refractivity contribution in [2.24, 2.45) is 0 Å². The van der Waals surface area contributed by atoms with Crippen LogP contribution < -0.4 is 0 Å². The summed E-state index contributed by atoms with van der Waals surface area (Å²) >= 11 is 5.44. The highest BCUT2D eigenvalue weighted by atomic mass is 79.9. The van der Waals surface area contributed by atoms with E-state index in [1.165, 1.54) is 10.4 Å². The number of thiophene rings is 1. The second-order valence-electron chi connectivity index (χ2n) is 3.25. The van der Waals surface area contributed by atoms with Crippen molar-refractivity contribution < 1.29 is 4.42 Å². The molecule has 0 saturated carbocycles. The largest absolute Gasteiger partial charge is 0.466 e. The molecule has 14 heavy (non-hydrogen) atoms. The van der Waals surface area contributed by atoms with Crippen LogP contribution in [-0.2, 0) is 0 Å². The summed E-state index contributed by atoms with van der Waals surface area (Å²) in [6.45, 7) is 3.98. The zero-order chi connectivity index (χ0) is 10.1. The lowest BCUT2D eigenvalue weighted by molar-refractivity contribution is 0.502. The van der Waals surface area contributed by atoms with Gasteiger partial charge in [0.05, 0.1) is 4.83 Å². The number of aryl methyl sites for hydroxylation is 2. The molecule has 0 aliphatic rings. The van der Waals surface area contributed by atoms with Gasteiger partial charge in [-0.15, -0.1) is 11.3 Å². The first-order chi connectivity index (χ1) is 6.68. The van der Waals surface area contributed by atoms with E-state index in [1.54, 1.807) is 11.3 Å². The third kappa shape index (κ3) is 1.79. The molecule has 0 amide bonds. The molecule has 0 aliphatic carbocycles. The molecule has 0 aliphatic heterocycles. The molecule has 0 N–H and O–H groups in total. The Labute approximate surface area is 95.9 Å². The van der Waals surface area contributed by atoms with Crippen molar-refractivity contribution in [1.82, 2.24) is 0 Å². The summed E-state index contributed by atoms with van der Waals surface area (Å²) in [5, 5.41) is 2.09. The van der Waals surface area contributed by atoms with Crippen LogP contribution in [0.3, 0.4) is 0 Å². The standard InChI is InChI=1S/C11H11BrOS/c1-7-6-9(8(2)13-7)11(12)10-4-3-5-14-10/h3-6,11H,1-2H3. The Morgan fingerprint density at radius 1 is 1.43 bits per heavy atom. The van der Waals surface area contributed by atoms with Gasteiger partial charge in [-0.25, -0.2) is 0 Å². The van der Waals surface area contributed by atoms with Gasteiger partial charge in [-0.1, -0.05) is 22.0 Å². The molecular weight excluding hydrogens is 260 g/mol. The van der Waals surface area contributed by atoms with Crippen LogP contribution in [0.15, 0.2) is 28.0 Å². The molecule has 1 nitrogen and oxygen atoms in total. The second-order valence-corrected chi connectivity index (χ2v) is 5.14. The average Bonchev–Trinajstić information content (AvgIpc) is 2.73. The van der Waals surface area contributed by atoms with Crippen molar-refractivity contribution in [3.05, 3.63) is 45.5 Å². The molecule has 0 saturated heterocycles. The van der Waals surface area contributed by atoms with Crippen LogP contribution in [-0.4, -0.2) is 0 Å². The lowest BCUT2D eigenvalue weighted by atomic mass is 10.1. The zero-order valence-corrected chi connectivity index (χ0v) is 10.5. The molecular formula is C11H11BrOS. The smallest absolute Gasteiger partial charge is 0.105 e. The van der Waals surface area contributed by atoms with E-state index in [0.717, 1.165) is 11.5 Å². The van der Waals surface area contributed by atoms with Crippen molar-refractivity contribution in [3.8, 4) is 0 Å². The highest BCUT2D eigenvalue weighted by Crippen LogP contribution is 2.36. The average molecular weight is 271 g/mol. The molecule has 2 aromatic heterocycles. The molecule has 0 fully saturated rings. The topological polar surface area (TPSA) is 13.1 Å². The lowest BCUT2D eigenvalue weighted by Crippen LogP contribution is -1.88. The van der Waals surface area contributed by atoms with Crippen LogP contribution >= 0.6 is 27.3 Å². The van der Waals surface area contributed by atoms with E-state index in [2.05, 4.69) is 39.5 Å². The molecule has 2 rings (SSSR count). The summed E-state index contributed by atoms with van der Waals surface area (Å²) in [6, 6.07) is 6.29. The fraction of sp³-hybridized carbons (Fsp3) is 0.273. The van der Waals surface area contributed by atoms with Crippen molar-refractivity contribution in [2.75, 3.05) is 0 Å². The molecule has 1 atom stereocenters. The minimum Gasteiger partial charge on any atom is -0.466 e. The maximum Gasteiger partial charge on any atom is 0.105 e. The molecule has 2 heterocycles. The van der Waals surface area contributed by atoms with Gasteiger partial charge in [0, 0.05) is 10.4 Å². The quantitative estimate of drug-likeness (QED) is 0.736. The Morgan fingerprint density at radius 2 is 2.21 bits per heavy atom. The van der Waals surface area contributed by atoms with Crippen molar-refractivity contribution in [3.63, 3.8) is 0 Å². The number of hydrogen-bond acceptors (Lipinski definition) is 2. The van der Waals surface area contributed by atoms with E-state index in [-0.39, 0.29) is 4.83 Å². The van der Waals surface area contributed by atoms with E-state index >= 15 is 0 Å². The van der Waals surface area contributed by atoms with Gasteiger partial charge in [0.25, 0.3) is 0 Å². The molecule has 74 valence electrons. The Bertz CT molecular complexity index is 416. The molecule has 0 spiro atoms. The normalized spacial score (nSPS) is 13.1. The Kier molecular flexibility index (Phi) is 2.79. The number of alkyl halides is 1. The van der Waals surface area contributed by atoms with Crippen molar-refractivity contribution in [2.45, 2.75) is 18.7 Å². The third-order valence-electron chi connectivity index (χ3n) is 2.15. The molecule has 1 unspecified atom stereocenters. The van der Waals surface area contributed by atoms with Gasteiger partial charge >= 0.3 is 0 Å². The molecule has 3 heteroatoms. The van der Waals surface area contributed by atoms with Crippen LogP contribution in [0.2, 0.25) is 0 Å². The fourth-order valence-corrected chi connectivity index (χ4v) is 3.14. The SMILES string of the molecule is Cc1cc(C(Br)c2cccs2)c(C)o1. The Hall–Kier alpha value is -0.540. The Balaban J connectivity index is 2.36. The predicted molar refractivity (Wildman–Crippen MR) is 63.3 cm³/mol.